The fraction of sp³-hybridized carbons (Fsp3) is 0.941. The second-order valence-corrected chi connectivity index (χ2v) is 18.7. The highest BCUT2D eigenvalue weighted by Gasteiger charge is 2.35. The molecule has 1 saturated heterocycles. The molecule has 0 spiro atoms. The zero-order chi connectivity index (χ0) is 28.4. The fourth-order valence-electron chi connectivity index (χ4n) is 7.95. The number of nitrogens with zero attached hydrogens (tertiary/aromatic N) is 2. The first-order chi connectivity index (χ1) is 18.7. The third-order valence-electron chi connectivity index (χ3n) is 10.4. The van der Waals surface area contributed by atoms with Gasteiger partial charge in [-0.05, 0) is 108 Å². The van der Waals surface area contributed by atoms with E-state index in [4.69, 9.17) is 14.4 Å². The first-order valence-corrected chi connectivity index (χ1v) is 20.6. The summed E-state index contributed by atoms with van der Waals surface area (Å²) in [6.45, 7) is 19.6. The van der Waals surface area contributed by atoms with E-state index >= 15 is 0 Å². The zero-order valence-electron chi connectivity index (χ0n) is 27.2. The second-order valence-electron chi connectivity index (χ2n) is 14.2. The van der Waals surface area contributed by atoms with Crippen molar-refractivity contribution >= 4 is 19.7 Å². The van der Waals surface area contributed by atoms with Crippen molar-refractivity contribution in [2.45, 2.75) is 175 Å². The molecule has 39 heavy (non-hydrogen) atoms. The normalized spacial score (nSPS) is 35.3. The second kappa shape index (κ2) is 16.2. The molecular weight excluding hydrogens is 494 g/mol. The average Bonchev–Trinajstić information content (AvgIpc) is 2.94. The number of aliphatic imine (C=N–C) groups is 2. The lowest BCUT2D eigenvalue weighted by atomic mass is 9.74. The highest BCUT2D eigenvalue weighted by molar-refractivity contribution is 6.69. The van der Waals surface area contributed by atoms with Gasteiger partial charge in [0.25, 0.3) is 0 Å². The van der Waals surface area contributed by atoms with Gasteiger partial charge in [-0.15, -0.1) is 0 Å². The van der Waals surface area contributed by atoms with E-state index in [2.05, 4.69) is 59.6 Å². The van der Waals surface area contributed by atoms with E-state index in [1.165, 1.54) is 94.9 Å². The summed E-state index contributed by atoms with van der Waals surface area (Å²) in [4.78, 5) is 11.3. The average molecular weight is 560 g/mol. The molecule has 6 atom stereocenters. The van der Waals surface area contributed by atoms with Crippen LogP contribution in [0.25, 0.3) is 0 Å². The maximum Gasteiger partial charge on any atom is 0.183 e. The Morgan fingerprint density at radius 2 is 1.15 bits per heavy atom. The minimum absolute atomic E-state index is 0.396. The Morgan fingerprint density at radius 3 is 1.64 bits per heavy atom. The molecule has 6 unspecified atom stereocenters. The van der Waals surface area contributed by atoms with Gasteiger partial charge in [0.15, 0.2) is 8.32 Å². The first-order valence-electron chi connectivity index (χ1n) is 17.2. The quantitative estimate of drug-likeness (QED) is 0.139. The van der Waals surface area contributed by atoms with Crippen LogP contribution in [0.15, 0.2) is 9.98 Å². The third-order valence-corrected chi connectivity index (χ3v) is 11.5. The first kappa shape index (κ1) is 33.0. The van der Waals surface area contributed by atoms with E-state index < -0.39 is 8.32 Å². The standard InChI is InChI=1S/C34H65N3OSi/c1-9-26-17-13-18-27(10-2)33(26)35-25(5)30-21-15-22-31(36-30)32(23-16-24-38-39(6,7)8)37-34-28(11-3)19-14-20-29(34)12-4/h26-31,33-34,36H,9-24H2,1-8H3. The van der Waals surface area contributed by atoms with Gasteiger partial charge in [0.2, 0.25) is 0 Å². The molecule has 3 rings (SSSR count). The molecule has 2 aliphatic carbocycles. The Bertz CT molecular complexity index is 751. The van der Waals surface area contributed by atoms with Crippen LogP contribution in [0.2, 0.25) is 19.6 Å². The minimum atomic E-state index is -1.48. The maximum absolute atomic E-state index is 6.27. The predicted octanol–water partition coefficient (Wildman–Crippen LogP) is 9.24. The summed E-state index contributed by atoms with van der Waals surface area (Å²) in [6, 6.07) is 1.84. The van der Waals surface area contributed by atoms with Gasteiger partial charge in [-0.2, -0.15) is 0 Å². The summed E-state index contributed by atoms with van der Waals surface area (Å²) in [5, 5.41) is 4.13. The van der Waals surface area contributed by atoms with Crippen LogP contribution in [0.4, 0.5) is 0 Å². The molecular formula is C34H65N3OSi. The van der Waals surface area contributed by atoms with Crippen LogP contribution in [-0.2, 0) is 4.43 Å². The molecule has 2 saturated carbocycles. The van der Waals surface area contributed by atoms with Gasteiger partial charge in [0.1, 0.15) is 0 Å². The molecule has 3 fully saturated rings. The maximum atomic E-state index is 6.27. The lowest BCUT2D eigenvalue weighted by molar-refractivity contribution is 0.210. The van der Waals surface area contributed by atoms with Crippen molar-refractivity contribution in [3.8, 4) is 0 Å². The van der Waals surface area contributed by atoms with Crippen molar-refractivity contribution in [2.24, 2.45) is 33.7 Å². The van der Waals surface area contributed by atoms with Crippen molar-refractivity contribution in [1.29, 1.82) is 0 Å². The van der Waals surface area contributed by atoms with Crippen molar-refractivity contribution in [3.05, 3.63) is 0 Å². The number of piperidine rings is 1. The van der Waals surface area contributed by atoms with Gasteiger partial charge in [0, 0.05) is 30.1 Å². The number of rotatable bonds is 13. The number of hydrogen-bond acceptors (Lipinski definition) is 4. The molecule has 1 aliphatic heterocycles. The van der Waals surface area contributed by atoms with Crippen LogP contribution < -0.4 is 5.32 Å². The van der Waals surface area contributed by atoms with E-state index in [9.17, 15) is 0 Å². The van der Waals surface area contributed by atoms with Crippen molar-refractivity contribution in [1.82, 2.24) is 5.32 Å². The van der Waals surface area contributed by atoms with Crippen LogP contribution >= 0.6 is 0 Å². The smallest absolute Gasteiger partial charge is 0.183 e. The van der Waals surface area contributed by atoms with E-state index in [0.717, 1.165) is 43.1 Å². The molecule has 0 aromatic rings. The van der Waals surface area contributed by atoms with Crippen LogP contribution in [0.5, 0.6) is 0 Å². The summed E-state index contributed by atoms with van der Waals surface area (Å²) in [5.41, 5.74) is 2.81. The molecule has 5 heteroatoms. The number of hydrogen-bond donors (Lipinski definition) is 1. The van der Waals surface area contributed by atoms with Crippen LogP contribution in [0.3, 0.4) is 0 Å². The van der Waals surface area contributed by atoms with Crippen LogP contribution in [0, 0.1) is 23.7 Å². The lowest BCUT2D eigenvalue weighted by Crippen LogP contribution is -2.51. The topological polar surface area (TPSA) is 46.0 Å². The Hall–Kier alpha value is -0.523. The highest BCUT2D eigenvalue weighted by Crippen LogP contribution is 2.37. The molecule has 0 radical (unpaired) electrons. The van der Waals surface area contributed by atoms with Gasteiger partial charge in [-0.25, -0.2) is 0 Å². The summed E-state index contributed by atoms with van der Waals surface area (Å²) in [7, 11) is -1.48. The van der Waals surface area contributed by atoms with Gasteiger partial charge in [-0.1, -0.05) is 66.2 Å². The minimum Gasteiger partial charge on any atom is -0.418 e. The fourth-order valence-corrected chi connectivity index (χ4v) is 8.70. The Balaban J connectivity index is 1.80. The van der Waals surface area contributed by atoms with Gasteiger partial charge in [0.05, 0.1) is 12.1 Å². The Labute approximate surface area is 244 Å². The summed E-state index contributed by atoms with van der Waals surface area (Å²) < 4.78 is 6.27. The van der Waals surface area contributed by atoms with E-state index in [-0.39, 0.29) is 0 Å². The zero-order valence-corrected chi connectivity index (χ0v) is 28.2. The Morgan fingerprint density at radius 1 is 0.692 bits per heavy atom. The van der Waals surface area contributed by atoms with Crippen LogP contribution in [0.1, 0.15) is 131 Å². The van der Waals surface area contributed by atoms with Crippen molar-refractivity contribution < 1.29 is 4.43 Å². The largest absolute Gasteiger partial charge is 0.418 e. The third kappa shape index (κ3) is 9.77. The van der Waals surface area contributed by atoms with E-state index in [1.807, 2.05) is 0 Å². The van der Waals surface area contributed by atoms with E-state index in [1.54, 1.807) is 0 Å². The van der Waals surface area contributed by atoms with Crippen molar-refractivity contribution in [2.75, 3.05) is 6.61 Å². The van der Waals surface area contributed by atoms with Gasteiger partial charge in [-0.3, -0.25) is 9.98 Å². The summed E-state index contributed by atoms with van der Waals surface area (Å²) in [5.74, 6) is 3.04. The van der Waals surface area contributed by atoms with Gasteiger partial charge < -0.3 is 9.74 Å². The molecule has 4 nitrogen and oxygen atoms in total. The molecule has 0 bridgehead atoms. The van der Waals surface area contributed by atoms with Crippen LogP contribution in [-0.4, -0.2) is 50.5 Å². The van der Waals surface area contributed by atoms with Crippen molar-refractivity contribution in [3.63, 3.8) is 0 Å². The summed E-state index contributed by atoms with van der Waals surface area (Å²) >= 11 is 0. The molecule has 1 heterocycles. The monoisotopic (exact) mass is 559 g/mol. The predicted molar refractivity (Wildman–Crippen MR) is 174 cm³/mol. The molecule has 3 aliphatic rings. The molecule has 0 aromatic carbocycles. The molecule has 1 N–H and O–H groups in total. The van der Waals surface area contributed by atoms with Gasteiger partial charge >= 0.3 is 0 Å². The molecule has 226 valence electrons. The highest BCUT2D eigenvalue weighted by atomic mass is 28.4. The lowest BCUT2D eigenvalue weighted by Gasteiger charge is -2.39. The number of nitrogens with one attached hydrogen (secondary N) is 1. The molecule has 0 amide bonds. The Kier molecular flexibility index (Phi) is 13.7. The summed E-state index contributed by atoms with van der Waals surface area (Å²) in [6.07, 6.45) is 19.2. The SMILES string of the molecule is CCC1CCCC(CC)C1N=C(C)C1CCCC(C(CCCO[Si](C)(C)C)=NC2C(CC)CCCC2CC)N1. The van der Waals surface area contributed by atoms with E-state index in [0.29, 0.717) is 24.2 Å². The molecule has 0 aromatic heterocycles.